The van der Waals surface area contributed by atoms with Gasteiger partial charge in [0, 0.05) is 17.1 Å². The Kier molecular flexibility index (Phi) is 4.16. The van der Waals surface area contributed by atoms with E-state index in [9.17, 15) is 4.39 Å². The van der Waals surface area contributed by atoms with Crippen LogP contribution in [0.5, 0.6) is 5.75 Å². The topological polar surface area (TPSA) is 35.2 Å². The minimum absolute atomic E-state index is 0.0941. The molecule has 0 saturated heterocycles. The zero-order chi connectivity index (χ0) is 10.7. The Morgan fingerprint density at radius 1 is 1.64 bits per heavy atom. The number of alkyl halides is 1. The number of ether oxygens (including phenoxy) is 1. The fourth-order valence-electron chi connectivity index (χ4n) is 1.16. The molecular weight excluding hydrogens is 272 g/mol. The highest BCUT2D eigenvalue weighted by atomic mass is 79.9. The molecule has 0 aliphatic heterocycles. The molecule has 0 aromatic heterocycles. The summed E-state index contributed by atoms with van der Waals surface area (Å²) in [6, 6.07) is 3.16. The van der Waals surface area contributed by atoms with E-state index in [2.05, 4.69) is 15.9 Å². The second kappa shape index (κ2) is 4.96. The third-order valence-electron chi connectivity index (χ3n) is 1.79. The smallest absolute Gasteiger partial charge is 0.141 e. The SMILES string of the molecule is COc1c(Br)cc(Cl)cc1C(F)CN. The molecule has 0 saturated carbocycles. The maximum absolute atomic E-state index is 13.4. The quantitative estimate of drug-likeness (QED) is 0.924. The molecule has 1 atom stereocenters. The molecule has 1 rings (SSSR count). The van der Waals surface area contributed by atoms with Crippen molar-refractivity contribution in [3.8, 4) is 5.75 Å². The minimum Gasteiger partial charge on any atom is -0.495 e. The van der Waals surface area contributed by atoms with E-state index in [1.54, 1.807) is 6.07 Å². The van der Waals surface area contributed by atoms with Crippen molar-refractivity contribution in [2.45, 2.75) is 6.17 Å². The van der Waals surface area contributed by atoms with Crippen LogP contribution in [0.25, 0.3) is 0 Å². The third kappa shape index (κ3) is 2.38. The van der Waals surface area contributed by atoms with E-state index < -0.39 is 6.17 Å². The Labute approximate surface area is 95.3 Å². The number of nitrogens with two attached hydrogens (primary N) is 1. The summed E-state index contributed by atoms with van der Waals surface area (Å²) in [5.41, 5.74) is 5.61. The maximum Gasteiger partial charge on any atom is 0.141 e. The van der Waals surface area contributed by atoms with Crippen molar-refractivity contribution >= 4 is 27.5 Å². The zero-order valence-corrected chi connectivity index (χ0v) is 9.90. The maximum atomic E-state index is 13.4. The fraction of sp³-hybridized carbons (Fsp3) is 0.333. The predicted octanol–water partition coefficient (Wildman–Crippen LogP) is 3.08. The third-order valence-corrected chi connectivity index (χ3v) is 2.59. The largest absolute Gasteiger partial charge is 0.495 e. The van der Waals surface area contributed by atoms with Crippen LogP contribution in [0.4, 0.5) is 4.39 Å². The molecule has 5 heteroatoms. The summed E-state index contributed by atoms with van der Waals surface area (Å²) in [5.74, 6) is 0.437. The van der Waals surface area contributed by atoms with Crippen LogP contribution in [0.2, 0.25) is 5.02 Å². The van der Waals surface area contributed by atoms with Crippen molar-refractivity contribution in [1.82, 2.24) is 0 Å². The van der Waals surface area contributed by atoms with E-state index in [1.165, 1.54) is 13.2 Å². The molecule has 1 aromatic rings. The number of methoxy groups -OCH3 is 1. The second-order valence-corrected chi connectivity index (χ2v) is 4.00. The first kappa shape index (κ1) is 11.8. The van der Waals surface area contributed by atoms with Gasteiger partial charge in [-0.2, -0.15) is 0 Å². The molecule has 0 spiro atoms. The van der Waals surface area contributed by atoms with E-state index in [-0.39, 0.29) is 6.54 Å². The molecule has 0 heterocycles. The highest BCUT2D eigenvalue weighted by Crippen LogP contribution is 2.36. The molecule has 0 bridgehead atoms. The lowest BCUT2D eigenvalue weighted by Gasteiger charge is -2.13. The summed E-state index contributed by atoms with van der Waals surface area (Å²) < 4.78 is 19.1. The van der Waals surface area contributed by atoms with Crippen LogP contribution in [0.15, 0.2) is 16.6 Å². The van der Waals surface area contributed by atoms with Crippen LogP contribution in [0.3, 0.4) is 0 Å². The average molecular weight is 283 g/mol. The predicted molar refractivity (Wildman–Crippen MR) is 58.6 cm³/mol. The van der Waals surface area contributed by atoms with Crippen molar-refractivity contribution in [1.29, 1.82) is 0 Å². The van der Waals surface area contributed by atoms with E-state index in [0.717, 1.165) is 0 Å². The Bertz CT molecular complexity index is 335. The monoisotopic (exact) mass is 281 g/mol. The summed E-state index contributed by atoms with van der Waals surface area (Å²) in [4.78, 5) is 0. The van der Waals surface area contributed by atoms with Crippen molar-refractivity contribution < 1.29 is 9.13 Å². The normalized spacial score (nSPS) is 12.6. The standard InChI is InChI=1S/C9H10BrClFNO/c1-14-9-6(8(12)4-13)2-5(11)3-7(9)10/h2-3,8H,4,13H2,1H3. The minimum atomic E-state index is -1.26. The fourth-order valence-corrected chi connectivity index (χ4v) is 2.15. The number of hydrogen-bond acceptors (Lipinski definition) is 2. The Balaban J connectivity index is 3.24. The van der Waals surface area contributed by atoms with Crippen molar-refractivity contribution in [2.75, 3.05) is 13.7 Å². The van der Waals surface area contributed by atoms with Gasteiger partial charge in [-0.1, -0.05) is 11.6 Å². The molecular formula is C9H10BrClFNO. The van der Waals surface area contributed by atoms with Crippen molar-refractivity contribution in [3.05, 3.63) is 27.2 Å². The van der Waals surface area contributed by atoms with E-state index in [4.69, 9.17) is 22.1 Å². The van der Waals surface area contributed by atoms with Crippen molar-refractivity contribution in [2.24, 2.45) is 5.73 Å². The Morgan fingerprint density at radius 3 is 2.79 bits per heavy atom. The van der Waals surface area contributed by atoms with Gasteiger partial charge in [-0.05, 0) is 28.1 Å². The highest BCUT2D eigenvalue weighted by molar-refractivity contribution is 9.10. The Morgan fingerprint density at radius 2 is 2.29 bits per heavy atom. The molecule has 78 valence electrons. The molecule has 1 aromatic carbocycles. The molecule has 0 aliphatic carbocycles. The first-order valence-corrected chi connectivity index (χ1v) is 5.14. The van der Waals surface area contributed by atoms with Gasteiger partial charge in [0.2, 0.25) is 0 Å². The number of benzene rings is 1. The lowest BCUT2D eigenvalue weighted by Crippen LogP contribution is -2.09. The van der Waals surface area contributed by atoms with Gasteiger partial charge < -0.3 is 10.5 Å². The second-order valence-electron chi connectivity index (χ2n) is 2.71. The average Bonchev–Trinajstić information content (AvgIpc) is 2.15. The van der Waals surface area contributed by atoms with E-state index >= 15 is 0 Å². The van der Waals surface area contributed by atoms with Crippen LogP contribution in [-0.2, 0) is 0 Å². The Hall–Kier alpha value is -0.320. The zero-order valence-electron chi connectivity index (χ0n) is 7.56. The molecule has 0 radical (unpaired) electrons. The lowest BCUT2D eigenvalue weighted by atomic mass is 10.1. The number of hydrogen-bond donors (Lipinski definition) is 1. The number of rotatable bonds is 3. The van der Waals surface area contributed by atoms with Crippen LogP contribution in [0.1, 0.15) is 11.7 Å². The van der Waals surface area contributed by atoms with Gasteiger partial charge in [0.1, 0.15) is 11.9 Å². The van der Waals surface area contributed by atoms with Crippen LogP contribution < -0.4 is 10.5 Å². The van der Waals surface area contributed by atoms with Gasteiger partial charge in [-0.3, -0.25) is 0 Å². The molecule has 0 aliphatic rings. The van der Waals surface area contributed by atoms with Gasteiger partial charge in [0.25, 0.3) is 0 Å². The molecule has 2 nitrogen and oxygen atoms in total. The molecule has 0 fully saturated rings. The van der Waals surface area contributed by atoms with Crippen LogP contribution in [0, 0.1) is 0 Å². The molecule has 2 N–H and O–H groups in total. The van der Waals surface area contributed by atoms with Gasteiger partial charge >= 0.3 is 0 Å². The van der Waals surface area contributed by atoms with Gasteiger partial charge in [0.05, 0.1) is 11.6 Å². The van der Waals surface area contributed by atoms with Gasteiger partial charge in [-0.15, -0.1) is 0 Å². The summed E-state index contributed by atoms with van der Waals surface area (Å²) >= 11 is 9.03. The highest BCUT2D eigenvalue weighted by Gasteiger charge is 2.16. The molecule has 0 amide bonds. The van der Waals surface area contributed by atoms with Crippen LogP contribution >= 0.6 is 27.5 Å². The summed E-state index contributed by atoms with van der Waals surface area (Å²) in [7, 11) is 1.47. The van der Waals surface area contributed by atoms with Crippen molar-refractivity contribution in [3.63, 3.8) is 0 Å². The summed E-state index contributed by atoms with van der Waals surface area (Å²) in [6.07, 6.45) is -1.26. The first-order valence-electron chi connectivity index (χ1n) is 3.97. The van der Waals surface area contributed by atoms with Crippen LogP contribution in [-0.4, -0.2) is 13.7 Å². The summed E-state index contributed by atoms with van der Waals surface area (Å²) in [5, 5.41) is 0.448. The lowest BCUT2D eigenvalue weighted by molar-refractivity contribution is 0.330. The molecule has 14 heavy (non-hydrogen) atoms. The van der Waals surface area contributed by atoms with Gasteiger partial charge in [-0.25, -0.2) is 4.39 Å². The first-order chi connectivity index (χ1) is 6.60. The van der Waals surface area contributed by atoms with Gasteiger partial charge in [0.15, 0.2) is 0 Å². The summed E-state index contributed by atoms with van der Waals surface area (Å²) in [6.45, 7) is -0.0941. The van der Waals surface area contributed by atoms with E-state index in [1.807, 2.05) is 0 Å². The molecule has 1 unspecified atom stereocenters. The number of halogens is 3. The van der Waals surface area contributed by atoms with E-state index in [0.29, 0.717) is 20.8 Å².